The molecule has 6 heteroatoms. The summed E-state index contributed by atoms with van der Waals surface area (Å²) < 4.78 is 5.65. The summed E-state index contributed by atoms with van der Waals surface area (Å²) in [7, 11) is 1.35. The lowest BCUT2D eigenvalue weighted by molar-refractivity contribution is -0.141. The van der Waals surface area contributed by atoms with Crippen molar-refractivity contribution in [1.29, 1.82) is 0 Å². The lowest BCUT2D eigenvalue weighted by atomic mass is 9.88. The highest BCUT2D eigenvalue weighted by molar-refractivity contribution is 9.10. The maximum atomic E-state index is 12.4. The highest BCUT2D eigenvalue weighted by atomic mass is 79.9. The van der Waals surface area contributed by atoms with Crippen LogP contribution in [0.4, 0.5) is 0 Å². The zero-order valence-corrected chi connectivity index (χ0v) is 14.4. The van der Waals surface area contributed by atoms with Crippen molar-refractivity contribution in [2.24, 2.45) is 11.8 Å². The summed E-state index contributed by atoms with van der Waals surface area (Å²) in [4.78, 5) is 24.1. The first kappa shape index (κ1) is 17.0. The number of carbonyl (C=O) groups excluding carboxylic acids is 2. The zero-order valence-electron chi connectivity index (χ0n) is 12.8. The average Bonchev–Trinajstić information content (AvgIpc) is 2.44. The summed E-state index contributed by atoms with van der Waals surface area (Å²) in [5, 5.41) is 6.16. The molecule has 0 spiro atoms. The fraction of sp³-hybridized carbons (Fsp3) is 0.500. The molecule has 0 bridgehead atoms. The first-order chi connectivity index (χ1) is 10.5. The number of carbonyl (C=O) groups is 2. The number of hydrogen-bond donors (Lipinski definition) is 2. The van der Waals surface area contributed by atoms with E-state index in [0.29, 0.717) is 5.92 Å². The van der Waals surface area contributed by atoms with E-state index in [2.05, 4.69) is 26.6 Å². The molecule has 1 aromatic carbocycles. The van der Waals surface area contributed by atoms with E-state index in [0.717, 1.165) is 23.1 Å². The molecule has 2 rings (SSSR count). The topological polar surface area (TPSA) is 67.4 Å². The third-order valence-corrected chi connectivity index (χ3v) is 4.59. The minimum Gasteiger partial charge on any atom is -0.469 e. The van der Waals surface area contributed by atoms with Gasteiger partial charge >= 0.3 is 5.97 Å². The Morgan fingerprint density at radius 3 is 2.73 bits per heavy atom. The molecule has 0 aliphatic carbocycles. The number of rotatable bonds is 6. The third kappa shape index (κ3) is 4.30. The molecule has 22 heavy (non-hydrogen) atoms. The Morgan fingerprint density at radius 1 is 1.45 bits per heavy atom. The minimum atomic E-state index is -0.382. The van der Waals surface area contributed by atoms with Crippen LogP contribution < -0.4 is 10.6 Å². The Hall–Kier alpha value is -1.40. The van der Waals surface area contributed by atoms with Crippen LogP contribution in [-0.4, -0.2) is 32.1 Å². The van der Waals surface area contributed by atoms with Gasteiger partial charge in [-0.25, -0.2) is 0 Å². The van der Waals surface area contributed by atoms with Crippen LogP contribution in [0.25, 0.3) is 0 Å². The van der Waals surface area contributed by atoms with Crippen molar-refractivity contribution in [2.75, 3.05) is 20.2 Å². The van der Waals surface area contributed by atoms with Crippen molar-refractivity contribution in [2.45, 2.75) is 19.4 Å². The summed E-state index contributed by atoms with van der Waals surface area (Å²) in [6, 6.07) is 7.21. The van der Waals surface area contributed by atoms with Gasteiger partial charge in [0.05, 0.1) is 19.6 Å². The first-order valence-corrected chi connectivity index (χ1v) is 8.14. The Morgan fingerprint density at radius 2 is 2.18 bits per heavy atom. The Balaban J connectivity index is 2.09. The van der Waals surface area contributed by atoms with Crippen molar-refractivity contribution in [3.05, 3.63) is 34.3 Å². The molecule has 1 heterocycles. The predicted molar refractivity (Wildman–Crippen MR) is 87.2 cm³/mol. The molecule has 0 aromatic heterocycles. The van der Waals surface area contributed by atoms with Gasteiger partial charge in [0, 0.05) is 10.4 Å². The summed E-state index contributed by atoms with van der Waals surface area (Å²) in [5.41, 5.74) is 0.882. The van der Waals surface area contributed by atoms with Crippen LogP contribution in [0.2, 0.25) is 0 Å². The van der Waals surface area contributed by atoms with Gasteiger partial charge in [0.1, 0.15) is 0 Å². The maximum absolute atomic E-state index is 12.4. The van der Waals surface area contributed by atoms with Crippen LogP contribution in [0.3, 0.4) is 0 Å². The van der Waals surface area contributed by atoms with E-state index in [1.807, 2.05) is 31.2 Å². The summed E-state index contributed by atoms with van der Waals surface area (Å²) in [6.45, 7) is 3.66. The Kier molecular flexibility index (Phi) is 5.97. The first-order valence-electron chi connectivity index (χ1n) is 7.34. The third-order valence-electron chi connectivity index (χ3n) is 4.10. The molecule has 1 saturated heterocycles. The van der Waals surface area contributed by atoms with Gasteiger partial charge in [-0.15, -0.1) is 0 Å². The van der Waals surface area contributed by atoms with Gasteiger partial charge in [-0.2, -0.15) is 0 Å². The molecule has 1 fully saturated rings. The van der Waals surface area contributed by atoms with Crippen LogP contribution >= 0.6 is 15.9 Å². The number of methoxy groups -OCH3 is 1. The van der Waals surface area contributed by atoms with E-state index in [9.17, 15) is 9.59 Å². The lowest BCUT2D eigenvalue weighted by Crippen LogP contribution is -2.50. The molecule has 1 aromatic rings. The molecule has 2 atom stereocenters. The number of esters is 1. The molecular weight excluding hydrogens is 348 g/mol. The van der Waals surface area contributed by atoms with Gasteiger partial charge < -0.3 is 15.4 Å². The number of benzene rings is 1. The van der Waals surface area contributed by atoms with Crippen molar-refractivity contribution in [1.82, 2.24) is 10.6 Å². The van der Waals surface area contributed by atoms with Gasteiger partial charge in [-0.3, -0.25) is 9.59 Å². The molecular formula is C16H21BrN2O3. The van der Waals surface area contributed by atoms with Gasteiger partial charge in [0.2, 0.25) is 5.91 Å². The van der Waals surface area contributed by atoms with Crippen molar-refractivity contribution in [3.63, 3.8) is 0 Å². The van der Waals surface area contributed by atoms with E-state index in [4.69, 9.17) is 4.74 Å². The van der Waals surface area contributed by atoms with Crippen LogP contribution in [0.1, 0.15) is 24.9 Å². The van der Waals surface area contributed by atoms with Gasteiger partial charge in [-0.05, 0) is 36.7 Å². The number of hydrogen-bond acceptors (Lipinski definition) is 4. The van der Waals surface area contributed by atoms with Gasteiger partial charge in [0.15, 0.2) is 0 Å². The monoisotopic (exact) mass is 368 g/mol. The van der Waals surface area contributed by atoms with Crippen molar-refractivity contribution in [3.8, 4) is 0 Å². The molecule has 2 unspecified atom stereocenters. The molecule has 2 N–H and O–H groups in total. The van der Waals surface area contributed by atoms with Crippen LogP contribution in [0.15, 0.2) is 28.7 Å². The minimum absolute atomic E-state index is 0.0274. The van der Waals surface area contributed by atoms with Crippen molar-refractivity contribution < 1.29 is 14.3 Å². The normalized spacial score (nSPS) is 17.2. The van der Waals surface area contributed by atoms with E-state index >= 15 is 0 Å². The van der Waals surface area contributed by atoms with Gasteiger partial charge in [0.25, 0.3) is 0 Å². The van der Waals surface area contributed by atoms with E-state index in [1.165, 1.54) is 7.11 Å². The fourth-order valence-electron chi connectivity index (χ4n) is 2.41. The van der Waals surface area contributed by atoms with E-state index in [1.54, 1.807) is 0 Å². The Bertz CT molecular complexity index is 546. The second kappa shape index (κ2) is 7.74. The summed E-state index contributed by atoms with van der Waals surface area (Å²) in [6.07, 6.45) is 0.119. The maximum Gasteiger partial charge on any atom is 0.307 e. The molecule has 5 nitrogen and oxygen atoms in total. The molecule has 1 aliphatic rings. The predicted octanol–water partition coefficient (Wildman–Crippen LogP) is 2.03. The van der Waals surface area contributed by atoms with Crippen molar-refractivity contribution >= 4 is 27.8 Å². The molecule has 1 amide bonds. The molecule has 0 radical (unpaired) electrons. The largest absolute Gasteiger partial charge is 0.469 e. The molecule has 120 valence electrons. The Labute approximate surface area is 138 Å². The van der Waals surface area contributed by atoms with Gasteiger partial charge in [-0.1, -0.05) is 35.0 Å². The SMILES string of the molecule is COC(=O)CC(NC(=O)C(C)C1CNC1)c1cccc(Br)c1. The molecule has 1 aliphatic heterocycles. The number of halogens is 1. The van der Waals surface area contributed by atoms with E-state index < -0.39 is 0 Å². The molecule has 0 saturated carbocycles. The highest BCUT2D eigenvalue weighted by Crippen LogP contribution is 2.23. The van der Waals surface area contributed by atoms with Crippen LogP contribution in [-0.2, 0) is 14.3 Å². The van der Waals surface area contributed by atoms with Crippen LogP contribution in [0.5, 0.6) is 0 Å². The number of nitrogens with one attached hydrogen (secondary N) is 2. The lowest BCUT2D eigenvalue weighted by Gasteiger charge is -2.32. The second-order valence-corrected chi connectivity index (χ2v) is 6.52. The quantitative estimate of drug-likeness (QED) is 0.753. The number of amides is 1. The smallest absolute Gasteiger partial charge is 0.307 e. The zero-order chi connectivity index (χ0) is 16.1. The van der Waals surface area contributed by atoms with Crippen LogP contribution in [0, 0.1) is 11.8 Å². The highest BCUT2D eigenvalue weighted by Gasteiger charge is 2.30. The summed E-state index contributed by atoms with van der Waals surface area (Å²) >= 11 is 3.42. The second-order valence-electron chi connectivity index (χ2n) is 5.60. The fourth-order valence-corrected chi connectivity index (χ4v) is 2.82. The standard InChI is InChI=1S/C16H21BrN2O3/c1-10(12-8-18-9-12)16(21)19-14(7-15(20)22-2)11-4-3-5-13(17)6-11/h3-6,10,12,14,18H,7-9H2,1-2H3,(H,19,21). The number of ether oxygens (including phenoxy) is 1. The summed E-state index contributed by atoms with van der Waals surface area (Å²) in [5.74, 6) is -0.0848. The average molecular weight is 369 g/mol. The van der Waals surface area contributed by atoms with E-state index in [-0.39, 0.29) is 30.3 Å².